The summed E-state index contributed by atoms with van der Waals surface area (Å²) in [7, 11) is -3.20. The molecule has 1 saturated carbocycles. The van der Waals surface area contributed by atoms with E-state index in [9.17, 15) is 13.2 Å². The lowest BCUT2D eigenvalue weighted by Crippen LogP contribution is -2.41. The van der Waals surface area contributed by atoms with E-state index in [2.05, 4.69) is 6.58 Å². The molecular weight excluding hydrogens is 326 g/mol. The summed E-state index contributed by atoms with van der Waals surface area (Å²) in [5.41, 5.74) is 1.58. The topological polar surface area (TPSA) is 67.6 Å². The molecule has 0 radical (unpaired) electrons. The van der Waals surface area contributed by atoms with Crippen molar-refractivity contribution in [1.29, 1.82) is 0 Å². The van der Waals surface area contributed by atoms with Crippen LogP contribution >= 0.6 is 0 Å². The second kappa shape index (κ2) is 6.09. The molecule has 1 aromatic heterocycles. The number of nitrogens with zero attached hydrogens (tertiary/aromatic N) is 1. The number of hydrogen-bond donors (Lipinski definition) is 0. The fourth-order valence-corrected chi connectivity index (χ4v) is 4.78. The Kier molecular flexibility index (Phi) is 4.25. The van der Waals surface area contributed by atoms with Crippen LogP contribution in [0.5, 0.6) is 0 Å². The minimum Gasteiger partial charge on any atom is -0.464 e. The molecule has 0 unspecified atom stereocenters. The molecule has 6 heteroatoms. The van der Waals surface area contributed by atoms with Gasteiger partial charge in [-0.15, -0.1) is 0 Å². The molecule has 0 bridgehead atoms. The average Bonchev–Trinajstić information content (AvgIpc) is 3.21. The first-order valence-electron chi connectivity index (χ1n) is 8.01. The Morgan fingerprint density at radius 1 is 1.38 bits per heavy atom. The minimum atomic E-state index is -3.20. The summed E-state index contributed by atoms with van der Waals surface area (Å²) in [4.78, 5) is 13.9. The molecule has 1 aliphatic carbocycles. The lowest BCUT2D eigenvalue weighted by Gasteiger charge is -2.26. The highest BCUT2D eigenvalue weighted by atomic mass is 32.2. The van der Waals surface area contributed by atoms with Crippen molar-refractivity contribution < 1.29 is 17.6 Å². The molecule has 0 spiro atoms. The van der Waals surface area contributed by atoms with Crippen molar-refractivity contribution in [3.63, 3.8) is 0 Å². The molecule has 2 aromatic rings. The normalized spacial score (nSPS) is 16.0. The summed E-state index contributed by atoms with van der Waals surface area (Å²) in [6.07, 6.45) is 4.05. The van der Waals surface area contributed by atoms with Crippen LogP contribution in [0.3, 0.4) is 0 Å². The minimum absolute atomic E-state index is 0.0941. The maximum atomic E-state index is 12.4. The predicted molar refractivity (Wildman–Crippen MR) is 93.3 cm³/mol. The zero-order valence-corrected chi connectivity index (χ0v) is 14.5. The van der Waals surface area contributed by atoms with Crippen LogP contribution in [0.25, 0.3) is 11.0 Å². The third-order valence-electron chi connectivity index (χ3n) is 4.73. The van der Waals surface area contributed by atoms with Crippen molar-refractivity contribution in [2.75, 3.05) is 12.3 Å². The summed E-state index contributed by atoms with van der Waals surface area (Å²) >= 11 is 0. The molecule has 0 aliphatic heterocycles. The first-order valence-corrected chi connectivity index (χ1v) is 9.66. The van der Waals surface area contributed by atoms with Gasteiger partial charge in [0.1, 0.15) is 5.58 Å². The number of sulfone groups is 1. The third-order valence-corrected chi connectivity index (χ3v) is 7.35. The molecule has 1 fully saturated rings. The monoisotopic (exact) mass is 347 g/mol. The number of carbonyl (C=O) groups is 1. The summed E-state index contributed by atoms with van der Waals surface area (Å²) in [6.45, 7) is 5.70. The van der Waals surface area contributed by atoms with Crippen molar-refractivity contribution in [2.24, 2.45) is 0 Å². The molecule has 3 rings (SSSR count). The average molecular weight is 347 g/mol. The molecular formula is C18H21NO4S. The van der Waals surface area contributed by atoms with Gasteiger partial charge in [0.2, 0.25) is 5.91 Å². The summed E-state index contributed by atoms with van der Waals surface area (Å²) in [5.74, 6) is -0.173. The number of carbonyl (C=O) groups excluding carboxylic acids is 1. The van der Waals surface area contributed by atoms with Gasteiger partial charge in [0, 0.05) is 29.8 Å². The maximum absolute atomic E-state index is 12.4. The van der Waals surface area contributed by atoms with Gasteiger partial charge >= 0.3 is 0 Å². The first kappa shape index (κ1) is 16.8. The van der Waals surface area contributed by atoms with Crippen LogP contribution < -0.4 is 0 Å². The number of rotatable bonds is 7. The van der Waals surface area contributed by atoms with Crippen LogP contribution in [0.2, 0.25) is 0 Å². The first-order chi connectivity index (χ1) is 11.4. The van der Waals surface area contributed by atoms with E-state index in [-0.39, 0.29) is 18.2 Å². The second-order valence-corrected chi connectivity index (χ2v) is 8.91. The van der Waals surface area contributed by atoms with Crippen molar-refractivity contribution in [1.82, 2.24) is 4.90 Å². The third kappa shape index (κ3) is 2.86. The van der Waals surface area contributed by atoms with Crippen LogP contribution in [0.1, 0.15) is 25.3 Å². The van der Waals surface area contributed by atoms with Crippen molar-refractivity contribution >= 4 is 26.7 Å². The Morgan fingerprint density at radius 3 is 2.75 bits per heavy atom. The SMILES string of the molecule is C=CC(=O)N(Cc1cccc2ccoc12)CC1(S(=O)(=O)CC)CC1. The van der Waals surface area contributed by atoms with E-state index in [1.54, 1.807) is 18.1 Å². The summed E-state index contributed by atoms with van der Waals surface area (Å²) in [6, 6.07) is 7.59. The van der Waals surface area contributed by atoms with E-state index in [0.717, 1.165) is 16.5 Å². The predicted octanol–water partition coefficient (Wildman–Crippen LogP) is 2.91. The van der Waals surface area contributed by atoms with E-state index < -0.39 is 14.6 Å². The van der Waals surface area contributed by atoms with Gasteiger partial charge in [-0.05, 0) is 25.0 Å². The zero-order chi connectivity index (χ0) is 17.4. The van der Waals surface area contributed by atoms with Crippen molar-refractivity contribution in [3.8, 4) is 0 Å². The lowest BCUT2D eigenvalue weighted by molar-refractivity contribution is -0.126. The lowest BCUT2D eigenvalue weighted by atomic mass is 10.1. The Bertz CT molecular complexity index is 877. The number of amides is 1. The van der Waals surface area contributed by atoms with Crippen molar-refractivity contribution in [3.05, 3.63) is 48.7 Å². The van der Waals surface area contributed by atoms with Gasteiger partial charge in [0.05, 0.1) is 11.0 Å². The van der Waals surface area contributed by atoms with Crippen LogP contribution in [0.15, 0.2) is 47.6 Å². The smallest absolute Gasteiger partial charge is 0.246 e. The van der Waals surface area contributed by atoms with Gasteiger partial charge in [0.15, 0.2) is 9.84 Å². The molecule has 1 amide bonds. The maximum Gasteiger partial charge on any atom is 0.246 e. The van der Waals surface area contributed by atoms with Gasteiger partial charge in [-0.3, -0.25) is 4.79 Å². The number of para-hydroxylation sites is 1. The van der Waals surface area contributed by atoms with Crippen LogP contribution in [0.4, 0.5) is 0 Å². The molecule has 24 heavy (non-hydrogen) atoms. The van der Waals surface area contributed by atoms with E-state index >= 15 is 0 Å². The fourth-order valence-electron chi connectivity index (χ4n) is 3.09. The van der Waals surface area contributed by atoms with Gasteiger partial charge in [-0.1, -0.05) is 31.7 Å². The summed E-state index contributed by atoms with van der Waals surface area (Å²) < 4.78 is 29.5. The molecule has 5 nitrogen and oxygen atoms in total. The number of fused-ring (bicyclic) bond motifs is 1. The largest absolute Gasteiger partial charge is 0.464 e. The van der Waals surface area contributed by atoms with Crippen LogP contribution in [-0.2, 0) is 21.2 Å². The molecule has 0 atom stereocenters. The van der Waals surface area contributed by atoms with Gasteiger partial charge < -0.3 is 9.32 Å². The quantitative estimate of drug-likeness (QED) is 0.722. The molecule has 1 aliphatic rings. The highest BCUT2D eigenvalue weighted by Gasteiger charge is 2.54. The Hall–Kier alpha value is -2.08. The standard InChI is InChI=1S/C18H21NO4S/c1-3-16(20)19(13-18(9-10-18)24(21,22)4-2)12-15-7-5-6-14-8-11-23-17(14)15/h3,5-8,11H,1,4,9-10,12-13H2,2H3. The summed E-state index contributed by atoms with van der Waals surface area (Å²) in [5, 5.41) is 0.959. The molecule has 128 valence electrons. The number of hydrogen-bond acceptors (Lipinski definition) is 4. The molecule has 1 aromatic carbocycles. The van der Waals surface area contributed by atoms with Gasteiger partial charge in [-0.25, -0.2) is 8.42 Å². The number of benzene rings is 1. The highest BCUT2D eigenvalue weighted by Crippen LogP contribution is 2.45. The van der Waals surface area contributed by atoms with Gasteiger partial charge in [-0.2, -0.15) is 0 Å². The Morgan fingerprint density at radius 2 is 2.12 bits per heavy atom. The van der Waals surface area contributed by atoms with Crippen molar-refractivity contribution in [2.45, 2.75) is 31.1 Å². The van der Waals surface area contributed by atoms with Crippen LogP contribution in [-0.4, -0.2) is 36.3 Å². The van der Waals surface area contributed by atoms with Gasteiger partial charge in [0.25, 0.3) is 0 Å². The van der Waals surface area contributed by atoms with E-state index in [1.165, 1.54) is 6.08 Å². The van der Waals surface area contributed by atoms with Crippen LogP contribution in [0, 0.1) is 0 Å². The fraction of sp³-hybridized carbons (Fsp3) is 0.389. The molecule has 1 heterocycles. The molecule has 0 saturated heterocycles. The Balaban J connectivity index is 1.90. The van der Waals surface area contributed by atoms with E-state index in [0.29, 0.717) is 19.4 Å². The second-order valence-electron chi connectivity index (χ2n) is 6.24. The Labute approximate surface area is 141 Å². The van der Waals surface area contributed by atoms with E-state index in [1.807, 2.05) is 24.3 Å². The molecule has 0 N–H and O–H groups in total. The zero-order valence-electron chi connectivity index (χ0n) is 13.7. The highest BCUT2D eigenvalue weighted by molar-refractivity contribution is 7.93. The number of furan rings is 1. The van der Waals surface area contributed by atoms with E-state index in [4.69, 9.17) is 4.42 Å².